The monoisotopic (exact) mass is 619 g/mol. The summed E-state index contributed by atoms with van der Waals surface area (Å²) in [5.41, 5.74) is 7.69. The molecule has 2 aliphatic carbocycles. The Balaban J connectivity index is 1.13. The van der Waals surface area contributed by atoms with Crippen LogP contribution in [-0.4, -0.2) is 29.1 Å². The fraction of sp³-hybridized carbons (Fsp3) is 0.200. The lowest BCUT2D eigenvalue weighted by molar-refractivity contribution is -0.128. The van der Waals surface area contributed by atoms with Crippen LogP contribution in [0.1, 0.15) is 40.3 Å². The summed E-state index contributed by atoms with van der Waals surface area (Å²) in [6.07, 6.45) is 0.893. The van der Waals surface area contributed by atoms with Crippen LogP contribution < -0.4 is 10.6 Å². The van der Waals surface area contributed by atoms with Gasteiger partial charge in [0.05, 0.1) is 0 Å². The molecule has 0 bridgehead atoms. The summed E-state index contributed by atoms with van der Waals surface area (Å²) in [6.45, 7) is 0.551. The van der Waals surface area contributed by atoms with Crippen LogP contribution >= 0.6 is 15.9 Å². The van der Waals surface area contributed by atoms with E-state index in [9.17, 15) is 9.59 Å². The Morgan fingerprint density at radius 1 is 0.881 bits per heavy atom. The number of aromatic amines is 1. The smallest absolute Gasteiger partial charge is 0.408 e. The molecule has 0 aliphatic heterocycles. The van der Waals surface area contributed by atoms with E-state index in [2.05, 4.69) is 61.9 Å². The molecule has 5 aromatic rings. The maximum atomic E-state index is 14.0. The molecule has 1 heterocycles. The van der Waals surface area contributed by atoms with Crippen molar-refractivity contribution in [2.24, 2.45) is 0 Å². The van der Waals surface area contributed by atoms with Crippen molar-refractivity contribution >= 4 is 38.8 Å². The molecule has 2 aliphatic rings. The first-order valence-electron chi connectivity index (χ1n) is 14.3. The minimum atomic E-state index is -1.14. The van der Waals surface area contributed by atoms with E-state index in [4.69, 9.17) is 4.74 Å². The summed E-state index contributed by atoms with van der Waals surface area (Å²) in [5.74, 6) is -0.272. The number of hydrogen-bond donors (Lipinski definition) is 3. The molecule has 0 unspecified atom stereocenters. The summed E-state index contributed by atoms with van der Waals surface area (Å²) in [4.78, 5) is 31.0. The number of fused-ring (bicyclic) bond motifs is 6. The Kier molecular flexibility index (Phi) is 6.82. The zero-order valence-electron chi connectivity index (χ0n) is 23.0. The van der Waals surface area contributed by atoms with Crippen LogP contribution in [0.25, 0.3) is 22.0 Å². The SMILES string of the molecule is O=C(N[C@@]1(C(=O)NCc2ccc(Br)cc2)CCc2[nH]c3ccccc3c2C1)OCC1c2ccccc2-c2ccccc21. The highest BCUT2D eigenvalue weighted by molar-refractivity contribution is 9.10. The van der Waals surface area contributed by atoms with Gasteiger partial charge in [-0.05, 0) is 64.4 Å². The molecule has 3 N–H and O–H groups in total. The number of amides is 2. The van der Waals surface area contributed by atoms with E-state index in [1.54, 1.807) is 0 Å². The average molecular weight is 621 g/mol. The highest BCUT2D eigenvalue weighted by atomic mass is 79.9. The number of benzene rings is 4. The highest BCUT2D eigenvalue weighted by Gasteiger charge is 2.44. The van der Waals surface area contributed by atoms with E-state index in [1.165, 1.54) is 11.1 Å². The summed E-state index contributed by atoms with van der Waals surface area (Å²) in [6, 6.07) is 32.4. The van der Waals surface area contributed by atoms with E-state index in [1.807, 2.05) is 66.7 Å². The van der Waals surface area contributed by atoms with Crippen molar-refractivity contribution in [3.63, 3.8) is 0 Å². The van der Waals surface area contributed by atoms with Gasteiger partial charge in [-0.3, -0.25) is 4.79 Å². The minimum absolute atomic E-state index is 0.0584. The van der Waals surface area contributed by atoms with Crippen molar-refractivity contribution in [2.75, 3.05) is 6.61 Å². The minimum Gasteiger partial charge on any atom is -0.449 e. The van der Waals surface area contributed by atoms with E-state index in [-0.39, 0.29) is 18.4 Å². The van der Waals surface area contributed by atoms with Crippen molar-refractivity contribution in [1.29, 1.82) is 0 Å². The molecule has 0 radical (unpaired) electrons. The molecule has 42 heavy (non-hydrogen) atoms. The van der Waals surface area contributed by atoms with Crippen molar-refractivity contribution < 1.29 is 14.3 Å². The first-order valence-corrected chi connectivity index (χ1v) is 15.0. The summed E-state index contributed by atoms with van der Waals surface area (Å²) < 4.78 is 6.88. The molecule has 0 saturated carbocycles. The number of nitrogens with one attached hydrogen (secondary N) is 3. The molecule has 2 amide bonds. The molecule has 7 rings (SSSR count). The first kappa shape index (κ1) is 26.5. The summed E-state index contributed by atoms with van der Waals surface area (Å²) >= 11 is 3.46. The van der Waals surface area contributed by atoms with Crippen molar-refractivity contribution in [2.45, 2.75) is 37.3 Å². The lowest BCUT2D eigenvalue weighted by Crippen LogP contribution is -2.61. The first-order chi connectivity index (χ1) is 20.5. The predicted octanol–water partition coefficient (Wildman–Crippen LogP) is 7.01. The topological polar surface area (TPSA) is 83.2 Å². The van der Waals surface area contributed by atoms with Gasteiger partial charge in [0.25, 0.3) is 0 Å². The van der Waals surface area contributed by atoms with Gasteiger partial charge >= 0.3 is 6.09 Å². The van der Waals surface area contributed by atoms with Crippen LogP contribution in [0.5, 0.6) is 0 Å². The number of ether oxygens (including phenoxy) is 1. The van der Waals surface area contributed by atoms with Crippen LogP contribution in [0.4, 0.5) is 4.79 Å². The van der Waals surface area contributed by atoms with Gasteiger partial charge < -0.3 is 20.4 Å². The number of aryl methyl sites for hydroxylation is 1. The largest absolute Gasteiger partial charge is 0.449 e. The van der Waals surface area contributed by atoms with Crippen LogP contribution in [0.15, 0.2) is 102 Å². The van der Waals surface area contributed by atoms with Gasteiger partial charge in [-0.25, -0.2) is 4.79 Å². The maximum Gasteiger partial charge on any atom is 0.408 e. The molecule has 7 heteroatoms. The maximum absolute atomic E-state index is 14.0. The fourth-order valence-electron chi connectivity index (χ4n) is 6.54. The molecule has 6 nitrogen and oxygen atoms in total. The zero-order valence-corrected chi connectivity index (χ0v) is 24.5. The molecular weight excluding hydrogens is 590 g/mol. The van der Waals surface area contributed by atoms with Gasteiger partial charge in [0.2, 0.25) is 5.91 Å². The number of para-hydroxylation sites is 1. The normalized spacial score (nSPS) is 17.3. The highest BCUT2D eigenvalue weighted by Crippen LogP contribution is 2.44. The zero-order chi connectivity index (χ0) is 28.7. The molecule has 4 aromatic carbocycles. The van der Waals surface area contributed by atoms with Crippen LogP contribution in [0.3, 0.4) is 0 Å². The Hall–Kier alpha value is -4.36. The number of aromatic nitrogens is 1. The Morgan fingerprint density at radius 3 is 2.29 bits per heavy atom. The number of hydrogen-bond acceptors (Lipinski definition) is 3. The van der Waals surface area contributed by atoms with Crippen LogP contribution in [0, 0.1) is 0 Å². The van der Waals surface area contributed by atoms with Gasteiger partial charge in [0.15, 0.2) is 0 Å². The van der Waals surface area contributed by atoms with Crippen LogP contribution in [-0.2, 0) is 28.9 Å². The third kappa shape index (κ3) is 4.77. The Bertz CT molecular complexity index is 1770. The number of rotatable bonds is 6. The summed E-state index contributed by atoms with van der Waals surface area (Å²) in [7, 11) is 0. The van der Waals surface area contributed by atoms with Crippen LogP contribution in [0.2, 0.25) is 0 Å². The van der Waals surface area contributed by atoms with Gasteiger partial charge in [-0.15, -0.1) is 0 Å². The van der Waals surface area contributed by atoms with Gasteiger partial charge in [-0.1, -0.05) is 94.8 Å². The molecule has 1 atom stereocenters. The fourth-order valence-corrected chi connectivity index (χ4v) is 6.80. The van der Waals surface area contributed by atoms with Gasteiger partial charge in [0.1, 0.15) is 12.1 Å². The second-order valence-corrected chi connectivity index (χ2v) is 12.1. The second-order valence-electron chi connectivity index (χ2n) is 11.1. The van der Waals surface area contributed by atoms with E-state index >= 15 is 0 Å². The third-order valence-electron chi connectivity index (χ3n) is 8.67. The van der Waals surface area contributed by atoms with E-state index < -0.39 is 11.6 Å². The molecular formula is C35H30BrN3O3. The predicted molar refractivity (Wildman–Crippen MR) is 167 cm³/mol. The van der Waals surface area contributed by atoms with E-state index in [0.717, 1.165) is 43.3 Å². The quantitative estimate of drug-likeness (QED) is 0.191. The molecule has 1 aromatic heterocycles. The molecule has 0 saturated heterocycles. The number of halogens is 1. The number of alkyl carbamates (subject to hydrolysis) is 1. The number of carbonyl (C=O) groups is 2. The van der Waals surface area contributed by atoms with Crippen molar-refractivity contribution in [1.82, 2.24) is 15.6 Å². The third-order valence-corrected chi connectivity index (χ3v) is 9.20. The Morgan fingerprint density at radius 2 is 1.55 bits per heavy atom. The number of H-pyrrole nitrogens is 1. The van der Waals surface area contributed by atoms with Crippen molar-refractivity contribution in [3.8, 4) is 11.1 Å². The average Bonchev–Trinajstić information content (AvgIpc) is 3.55. The van der Waals surface area contributed by atoms with Crippen molar-refractivity contribution in [3.05, 3.63) is 129 Å². The Labute approximate surface area is 252 Å². The summed E-state index contributed by atoms with van der Waals surface area (Å²) in [5, 5.41) is 7.22. The van der Waals surface area contributed by atoms with Gasteiger partial charge in [0, 0.05) is 40.0 Å². The van der Waals surface area contributed by atoms with E-state index in [0.29, 0.717) is 25.8 Å². The van der Waals surface area contributed by atoms with Gasteiger partial charge in [-0.2, -0.15) is 0 Å². The molecule has 0 fully saturated rings. The number of carbonyl (C=O) groups excluding carboxylic acids is 2. The second kappa shape index (κ2) is 10.8. The lowest BCUT2D eigenvalue weighted by atomic mass is 9.79. The molecule has 210 valence electrons. The standard InChI is InChI=1S/C35H30BrN3O3/c36-23-15-13-22(14-16-23)20-37-33(40)35(18-17-32-29(19-35)28-11-5-6-12-31(28)38-32)39-34(41)42-21-30-26-9-3-1-7-24(26)25-8-2-4-10-27(25)30/h1-16,30,38H,17-21H2,(H,37,40)(H,39,41)/t35-/m0/s1. The lowest BCUT2D eigenvalue weighted by Gasteiger charge is -2.36. The molecule has 0 spiro atoms.